The molecular formula is C17H25N3O6S. The molecule has 27 heavy (non-hydrogen) atoms. The number of piperazine rings is 1. The molecule has 10 heteroatoms. The molecule has 2 rings (SSSR count). The number of benzene rings is 1. The van der Waals surface area contributed by atoms with Gasteiger partial charge in [-0.2, -0.15) is 4.31 Å². The van der Waals surface area contributed by atoms with Gasteiger partial charge in [0.25, 0.3) is 5.91 Å². The highest BCUT2D eigenvalue weighted by atomic mass is 32.2. The third-order valence-electron chi connectivity index (χ3n) is 4.46. The maximum atomic E-state index is 12.3. The lowest BCUT2D eigenvalue weighted by molar-refractivity contribution is -0.147. The van der Waals surface area contributed by atoms with Gasteiger partial charge in [0, 0.05) is 38.3 Å². The molecule has 1 atom stereocenters. The Labute approximate surface area is 159 Å². The summed E-state index contributed by atoms with van der Waals surface area (Å²) in [6.45, 7) is 1.41. The van der Waals surface area contributed by atoms with Crippen LogP contribution in [0.25, 0.3) is 0 Å². The van der Waals surface area contributed by atoms with E-state index in [-0.39, 0.29) is 12.5 Å². The third kappa shape index (κ3) is 5.65. The van der Waals surface area contributed by atoms with E-state index in [1.54, 1.807) is 31.4 Å². The number of carbonyl (C=O) groups is 2. The van der Waals surface area contributed by atoms with E-state index in [9.17, 15) is 18.0 Å². The first-order chi connectivity index (χ1) is 12.8. The average Bonchev–Trinajstić information content (AvgIpc) is 2.67. The van der Waals surface area contributed by atoms with E-state index in [4.69, 9.17) is 9.47 Å². The zero-order chi connectivity index (χ0) is 20.0. The second-order valence-electron chi connectivity index (χ2n) is 6.18. The van der Waals surface area contributed by atoms with Gasteiger partial charge in [-0.3, -0.25) is 14.5 Å². The fourth-order valence-corrected chi connectivity index (χ4v) is 3.70. The van der Waals surface area contributed by atoms with Crippen LogP contribution < -0.4 is 10.1 Å². The van der Waals surface area contributed by atoms with Gasteiger partial charge in [0.1, 0.15) is 11.8 Å². The van der Waals surface area contributed by atoms with Crippen molar-refractivity contribution in [3.8, 4) is 5.75 Å². The molecule has 0 spiro atoms. The van der Waals surface area contributed by atoms with E-state index in [0.29, 0.717) is 37.5 Å². The molecule has 0 aromatic heterocycles. The van der Waals surface area contributed by atoms with Crippen LogP contribution in [0.4, 0.5) is 0 Å². The monoisotopic (exact) mass is 399 g/mol. The van der Waals surface area contributed by atoms with Gasteiger partial charge < -0.3 is 14.8 Å². The van der Waals surface area contributed by atoms with Crippen LogP contribution in [-0.2, 0) is 19.6 Å². The summed E-state index contributed by atoms with van der Waals surface area (Å²) in [4.78, 5) is 26.3. The van der Waals surface area contributed by atoms with Gasteiger partial charge in [-0.05, 0) is 24.3 Å². The molecule has 1 N–H and O–H groups in total. The zero-order valence-electron chi connectivity index (χ0n) is 15.7. The smallest absolute Gasteiger partial charge is 0.324 e. The van der Waals surface area contributed by atoms with Crippen LogP contribution in [0.3, 0.4) is 0 Å². The minimum atomic E-state index is -3.26. The van der Waals surface area contributed by atoms with Crippen LogP contribution in [-0.4, -0.2) is 88.7 Å². The molecule has 1 amide bonds. The lowest BCUT2D eigenvalue weighted by atomic mass is 10.1. The summed E-state index contributed by atoms with van der Waals surface area (Å²) in [5.41, 5.74) is 0.446. The van der Waals surface area contributed by atoms with E-state index >= 15 is 0 Å². The SMILES string of the molecule is COC(=O)C(CNC(=O)c1ccc(OC)cc1)N1CCN(S(C)(=O)=O)CC1. The first-order valence-electron chi connectivity index (χ1n) is 8.45. The predicted octanol–water partition coefficient (Wildman–Crippen LogP) is -0.456. The number of carbonyl (C=O) groups excluding carboxylic acids is 2. The maximum absolute atomic E-state index is 12.3. The zero-order valence-corrected chi connectivity index (χ0v) is 16.5. The lowest BCUT2D eigenvalue weighted by Gasteiger charge is -2.37. The van der Waals surface area contributed by atoms with E-state index in [1.165, 1.54) is 11.4 Å². The Balaban J connectivity index is 1.98. The Bertz CT molecular complexity index is 757. The van der Waals surface area contributed by atoms with Crippen molar-refractivity contribution >= 4 is 21.9 Å². The van der Waals surface area contributed by atoms with Crippen LogP contribution in [0.5, 0.6) is 5.75 Å². The number of rotatable bonds is 7. The van der Waals surface area contributed by atoms with Gasteiger partial charge in [-0.25, -0.2) is 8.42 Å². The summed E-state index contributed by atoms with van der Waals surface area (Å²) in [6, 6.07) is 5.94. The molecule has 150 valence electrons. The Morgan fingerprint density at radius 2 is 1.70 bits per heavy atom. The standard InChI is InChI=1S/C17H25N3O6S/c1-25-14-6-4-13(5-7-14)16(21)18-12-15(17(22)26-2)19-8-10-20(11-9-19)27(3,23)24/h4-7,15H,8-12H2,1-3H3,(H,18,21). The maximum Gasteiger partial charge on any atom is 0.324 e. The summed E-state index contributed by atoms with van der Waals surface area (Å²) < 4.78 is 34.5. The molecule has 1 fully saturated rings. The number of esters is 1. The van der Waals surface area contributed by atoms with Crippen LogP contribution in [0.15, 0.2) is 24.3 Å². The van der Waals surface area contributed by atoms with Crippen molar-refractivity contribution in [1.29, 1.82) is 0 Å². The molecule has 1 saturated heterocycles. The second-order valence-corrected chi connectivity index (χ2v) is 8.16. The first kappa shape index (κ1) is 21.1. The van der Waals surface area contributed by atoms with Gasteiger partial charge >= 0.3 is 5.97 Å². The van der Waals surface area contributed by atoms with Crippen molar-refractivity contribution in [3.63, 3.8) is 0 Å². The van der Waals surface area contributed by atoms with E-state index < -0.39 is 22.0 Å². The van der Waals surface area contributed by atoms with Crippen LogP contribution >= 0.6 is 0 Å². The normalized spacial score (nSPS) is 17.1. The molecule has 0 aliphatic carbocycles. The number of methoxy groups -OCH3 is 2. The van der Waals surface area contributed by atoms with Gasteiger partial charge in [0.2, 0.25) is 10.0 Å². The molecule has 1 aromatic carbocycles. The number of amides is 1. The fraction of sp³-hybridized carbons (Fsp3) is 0.529. The predicted molar refractivity (Wildman–Crippen MR) is 99.1 cm³/mol. The third-order valence-corrected chi connectivity index (χ3v) is 5.77. The molecule has 1 unspecified atom stereocenters. The highest BCUT2D eigenvalue weighted by Crippen LogP contribution is 2.12. The molecule has 1 aliphatic rings. The Hall–Kier alpha value is -2.17. The fourth-order valence-electron chi connectivity index (χ4n) is 2.88. The number of hydrogen-bond acceptors (Lipinski definition) is 7. The number of nitrogens with one attached hydrogen (secondary N) is 1. The van der Waals surface area contributed by atoms with Crippen molar-refractivity contribution < 1.29 is 27.5 Å². The second kappa shape index (κ2) is 9.16. The molecule has 0 bridgehead atoms. The molecule has 9 nitrogen and oxygen atoms in total. The first-order valence-corrected chi connectivity index (χ1v) is 10.3. The molecule has 1 aliphatic heterocycles. The highest BCUT2D eigenvalue weighted by Gasteiger charge is 2.32. The summed E-state index contributed by atoms with van der Waals surface area (Å²) >= 11 is 0. The molecule has 1 aromatic rings. The van der Waals surface area contributed by atoms with Crippen molar-refractivity contribution in [2.75, 3.05) is 53.2 Å². The number of nitrogens with zero attached hydrogens (tertiary/aromatic N) is 2. The highest BCUT2D eigenvalue weighted by molar-refractivity contribution is 7.88. The van der Waals surface area contributed by atoms with E-state index in [0.717, 1.165) is 6.26 Å². The summed E-state index contributed by atoms with van der Waals surface area (Å²) in [5, 5.41) is 2.74. The Morgan fingerprint density at radius 3 is 2.19 bits per heavy atom. The molecule has 0 saturated carbocycles. The Kier molecular flexibility index (Phi) is 7.17. The Morgan fingerprint density at radius 1 is 1.11 bits per heavy atom. The molecule has 1 heterocycles. The number of hydrogen-bond donors (Lipinski definition) is 1. The van der Waals surface area contributed by atoms with Crippen molar-refractivity contribution in [2.24, 2.45) is 0 Å². The van der Waals surface area contributed by atoms with Gasteiger partial charge in [-0.1, -0.05) is 0 Å². The average molecular weight is 399 g/mol. The van der Waals surface area contributed by atoms with Crippen molar-refractivity contribution in [3.05, 3.63) is 29.8 Å². The van der Waals surface area contributed by atoms with Crippen molar-refractivity contribution in [1.82, 2.24) is 14.5 Å². The largest absolute Gasteiger partial charge is 0.497 e. The molecule has 0 radical (unpaired) electrons. The van der Waals surface area contributed by atoms with Crippen LogP contribution in [0.2, 0.25) is 0 Å². The topological polar surface area (TPSA) is 105 Å². The van der Waals surface area contributed by atoms with E-state index in [2.05, 4.69) is 5.32 Å². The minimum absolute atomic E-state index is 0.0659. The summed E-state index contributed by atoms with van der Waals surface area (Å²) in [7, 11) is -0.432. The van der Waals surface area contributed by atoms with E-state index in [1.807, 2.05) is 4.90 Å². The summed E-state index contributed by atoms with van der Waals surface area (Å²) in [5.74, 6) is -0.151. The van der Waals surface area contributed by atoms with Gasteiger partial charge in [0.05, 0.1) is 20.5 Å². The molecular weight excluding hydrogens is 374 g/mol. The van der Waals surface area contributed by atoms with Crippen molar-refractivity contribution in [2.45, 2.75) is 6.04 Å². The lowest BCUT2D eigenvalue weighted by Crippen LogP contribution is -2.57. The minimum Gasteiger partial charge on any atom is -0.497 e. The van der Waals surface area contributed by atoms with Crippen LogP contribution in [0, 0.1) is 0 Å². The quantitative estimate of drug-likeness (QED) is 0.619. The number of sulfonamides is 1. The van der Waals surface area contributed by atoms with Gasteiger partial charge in [0.15, 0.2) is 0 Å². The number of ether oxygens (including phenoxy) is 2. The van der Waals surface area contributed by atoms with Crippen LogP contribution in [0.1, 0.15) is 10.4 Å². The summed E-state index contributed by atoms with van der Waals surface area (Å²) in [6.07, 6.45) is 1.16. The van der Waals surface area contributed by atoms with Gasteiger partial charge in [-0.15, -0.1) is 0 Å².